The average Bonchev–Trinajstić information content (AvgIpc) is 3.31. The van der Waals surface area contributed by atoms with Crippen LogP contribution in [0.5, 0.6) is 5.75 Å². The van der Waals surface area contributed by atoms with Crippen molar-refractivity contribution in [3.63, 3.8) is 0 Å². The van der Waals surface area contributed by atoms with Crippen molar-refractivity contribution in [1.29, 1.82) is 0 Å². The molecule has 7 rings (SSSR count). The lowest BCUT2D eigenvalue weighted by Gasteiger charge is -2.47. The summed E-state index contributed by atoms with van der Waals surface area (Å²) in [7, 11) is 0. The minimum Gasteiger partial charge on any atom is -0.506 e. The smallest absolute Gasteiger partial charge is 0.167 e. The van der Waals surface area contributed by atoms with E-state index in [1.165, 1.54) is 17.7 Å². The number of carbonyl (C=O) groups excluding carboxylic acids is 1. The van der Waals surface area contributed by atoms with E-state index in [0.29, 0.717) is 31.4 Å². The van der Waals surface area contributed by atoms with Crippen LogP contribution in [0.4, 0.5) is 10.1 Å². The second-order valence-corrected chi connectivity index (χ2v) is 14.9. The van der Waals surface area contributed by atoms with Crippen molar-refractivity contribution < 1.29 is 24.5 Å². The molecule has 0 unspecified atom stereocenters. The van der Waals surface area contributed by atoms with E-state index in [1.54, 1.807) is 12.1 Å². The molecule has 3 aromatic carbocycles. The van der Waals surface area contributed by atoms with E-state index in [-0.39, 0.29) is 34.5 Å². The Labute approximate surface area is 288 Å². The summed E-state index contributed by atoms with van der Waals surface area (Å²) in [6, 6.07) is 17.8. The van der Waals surface area contributed by atoms with E-state index in [4.69, 9.17) is 11.6 Å². The first-order chi connectivity index (χ1) is 23.0. The van der Waals surface area contributed by atoms with Gasteiger partial charge in [-0.2, -0.15) is 0 Å². The van der Waals surface area contributed by atoms with Crippen LogP contribution in [0.25, 0.3) is 0 Å². The highest BCUT2D eigenvalue weighted by Gasteiger charge is 2.57. The number of aliphatic hydroxyl groups excluding tert-OH is 1. The minimum atomic E-state index is -1.00. The van der Waals surface area contributed by atoms with Crippen LogP contribution in [-0.4, -0.2) is 70.4 Å². The molecule has 1 saturated heterocycles. The lowest BCUT2D eigenvalue weighted by molar-refractivity contribution is -0.0841. The molecule has 2 fully saturated rings. The summed E-state index contributed by atoms with van der Waals surface area (Å²) in [5.74, 6) is -0.539. The second kappa shape index (κ2) is 14.3. The number of hydrogen-bond donors (Lipinski definition) is 3. The first-order valence-electron chi connectivity index (χ1n) is 17.4. The van der Waals surface area contributed by atoms with Crippen LogP contribution >= 0.6 is 11.6 Å². The number of Topliss-reactive ketones (excluding diaryl/α,β-unsaturated/α-hetero) is 1. The summed E-state index contributed by atoms with van der Waals surface area (Å²) >= 11 is 6.37. The number of fused-ring (bicyclic) bond motifs is 8. The van der Waals surface area contributed by atoms with Gasteiger partial charge in [-0.05, 0) is 99.2 Å². The van der Waals surface area contributed by atoms with Crippen LogP contribution in [0.3, 0.4) is 0 Å². The number of phenols is 1. The van der Waals surface area contributed by atoms with Gasteiger partial charge in [0.2, 0.25) is 0 Å². The van der Waals surface area contributed by atoms with Crippen molar-refractivity contribution in [3.05, 3.63) is 105 Å². The zero-order chi connectivity index (χ0) is 34.1. The maximum Gasteiger partial charge on any atom is 0.167 e. The Hall–Kier alpha value is -3.23. The number of hydrogen-bond acceptors (Lipinski definition) is 6. The Bertz CT molecular complexity index is 1650. The zero-order valence-corrected chi connectivity index (χ0v) is 28.9. The molecule has 3 N–H and O–H groups in total. The maximum absolute atomic E-state index is 14.9. The van der Waals surface area contributed by atoms with Crippen LogP contribution in [0.2, 0.25) is 5.02 Å². The molecule has 1 saturated carbocycles. The minimum absolute atomic E-state index is 0.101. The summed E-state index contributed by atoms with van der Waals surface area (Å²) in [5.41, 5.74) is 2.98. The van der Waals surface area contributed by atoms with Crippen molar-refractivity contribution in [2.75, 3.05) is 37.6 Å². The highest BCUT2D eigenvalue weighted by molar-refractivity contribution is 6.31. The molecular weight excluding hydrogens is 627 g/mol. The zero-order valence-electron chi connectivity index (χ0n) is 28.1. The fraction of sp³-hybridized carbons (Fsp3) is 0.475. The van der Waals surface area contributed by atoms with Gasteiger partial charge in [0, 0.05) is 60.7 Å². The van der Waals surface area contributed by atoms with Gasteiger partial charge in [0.15, 0.2) is 5.78 Å². The Morgan fingerprint density at radius 2 is 1.79 bits per heavy atom. The Kier molecular flexibility index (Phi) is 10.3. The molecule has 3 aromatic rings. The van der Waals surface area contributed by atoms with Crippen molar-refractivity contribution >= 4 is 23.1 Å². The monoisotopic (exact) mass is 674 g/mol. The van der Waals surface area contributed by atoms with E-state index in [1.807, 2.05) is 36.4 Å². The second-order valence-electron chi connectivity index (χ2n) is 14.5. The van der Waals surface area contributed by atoms with E-state index in [2.05, 4.69) is 29.7 Å². The number of anilines is 1. The summed E-state index contributed by atoms with van der Waals surface area (Å²) in [6.45, 7) is 7.86. The highest BCUT2D eigenvalue weighted by atomic mass is 35.5. The first kappa shape index (κ1) is 34.6. The number of aliphatic hydroxyl groups is 2. The SMILES string of the molecule is CC1=CCC[C@@]2(C)[C@@H](CC[C@@]2(O)CN2CCN(c3ccccc3O)CC2)c2ccc(cc2C(=O)Cc2c(F)cccc2Cl)C[C@@H](O)CC1. The number of para-hydroxylation sites is 2. The quantitative estimate of drug-likeness (QED) is 0.186. The topological polar surface area (TPSA) is 84.2 Å². The molecule has 48 heavy (non-hydrogen) atoms. The number of rotatable bonds is 6. The van der Waals surface area contributed by atoms with E-state index in [0.717, 1.165) is 68.7 Å². The number of allylic oxidation sites excluding steroid dienone is 2. The number of β-amino-alcohol motifs (C(OH)–C–C–N with tert-alkyl or cyclic N) is 1. The molecule has 4 atom stereocenters. The standard InChI is InChI=1S/C40H48ClFN2O4/c1-27-7-6-17-39(2)33(16-18-40(39,48)26-43-19-21-44(22-20-43)36-10-3-4-11-37(36)46)30-15-13-28(23-29(45)14-12-27)24-31(30)38(47)25-32-34(41)8-5-9-35(32)42/h3-5,7-11,13,15,24,29,33,45-46,48H,6,12,14,16-23,25-26H2,1-2H3/t29-,33-,39-,40+/m0/s1. The number of phenolic OH excluding ortho intramolecular Hbond substituents is 1. The third-order valence-electron chi connectivity index (χ3n) is 11.5. The summed E-state index contributed by atoms with van der Waals surface area (Å²) in [4.78, 5) is 18.7. The van der Waals surface area contributed by atoms with Crippen LogP contribution in [0.15, 0.2) is 72.3 Å². The molecule has 0 aromatic heterocycles. The highest BCUT2D eigenvalue weighted by Crippen LogP contribution is 2.59. The molecular formula is C40H48ClFN2O4. The number of aromatic hydroxyl groups is 1. The third-order valence-corrected chi connectivity index (χ3v) is 11.8. The fourth-order valence-electron chi connectivity index (χ4n) is 8.45. The lowest BCUT2D eigenvalue weighted by Crippen LogP contribution is -2.56. The van der Waals surface area contributed by atoms with Gasteiger partial charge in [-0.1, -0.05) is 60.5 Å². The van der Waals surface area contributed by atoms with Crippen LogP contribution in [-0.2, 0) is 12.8 Å². The molecule has 1 heterocycles. The fourth-order valence-corrected chi connectivity index (χ4v) is 8.68. The number of carbonyl (C=O) groups is 1. The largest absolute Gasteiger partial charge is 0.506 e. The molecule has 0 spiro atoms. The summed E-state index contributed by atoms with van der Waals surface area (Å²) in [6.07, 6.45) is 6.20. The van der Waals surface area contributed by atoms with Gasteiger partial charge in [0.05, 0.1) is 17.4 Å². The van der Waals surface area contributed by atoms with Crippen LogP contribution < -0.4 is 4.90 Å². The number of piperazine rings is 1. The van der Waals surface area contributed by atoms with Crippen molar-refractivity contribution in [2.45, 2.75) is 82.8 Å². The third kappa shape index (κ3) is 7.07. The molecule has 2 bridgehead atoms. The van der Waals surface area contributed by atoms with Crippen molar-refractivity contribution in [1.82, 2.24) is 4.90 Å². The number of nitrogens with zero attached hydrogens (tertiary/aromatic N) is 2. The number of benzene rings is 3. The van der Waals surface area contributed by atoms with E-state index >= 15 is 0 Å². The van der Waals surface area contributed by atoms with Crippen LogP contribution in [0.1, 0.15) is 85.3 Å². The molecule has 6 nitrogen and oxygen atoms in total. The van der Waals surface area contributed by atoms with E-state index < -0.39 is 22.9 Å². The normalized spacial score (nSPS) is 27.0. The van der Waals surface area contributed by atoms with Gasteiger partial charge < -0.3 is 20.2 Å². The Morgan fingerprint density at radius 3 is 2.54 bits per heavy atom. The molecule has 1 aliphatic heterocycles. The van der Waals surface area contributed by atoms with Gasteiger partial charge in [-0.3, -0.25) is 9.69 Å². The number of ketones is 1. The molecule has 0 amide bonds. The first-order valence-corrected chi connectivity index (χ1v) is 17.8. The van der Waals surface area contributed by atoms with Gasteiger partial charge in [0.25, 0.3) is 0 Å². The summed E-state index contributed by atoms with van der Waals surface area (Å²) in [5, 5.41) is 34.2. The van der Waals surface area contributed by atoms with Crippen molar-refractivity contribution in [2.24, 2.45) is 5.41 Å². The maximum atomic E-state index is 14.9. The molecule has 0 radical (unpaired) electrons. The lowest BCUT2D eigenvalue weighted by atomic mass is 9.64. The predicted molar refractivity (Wildman–Crippen MR) is 190 cm³/mol. The van der Waals surface area contributed by atoms with Gasteiger partial charge in [0.1, 0.15) is 11.6 Å². The summed E-state index contributed by atoms with van der Waals surface area (Å²) < 4.78 is 14.9. The molecule has 8 heteroatoms. The van der Waals surface area contributed by atoms with Gasteiger partial charge in [-0.25, -0.2) is 4.39 Å². The van der Waals surface area contributed by atoms with Gasteiger partial charge >= 0.3 is 0 Å². The van der Waals surface area contributed by atoms with E-state index in [9.17, 15) is 24.5 Å². The average molecular weight is 675 g/mol. The van der Waals surface area contributed by atoms with Crippen LogP contribution in [0, 0.1) is 11.2 Å². The Balaban J connectivity index is 1.32. The van der Waals surface area contributed by atoms with Gasteiger partial charge in [-0.15, -0.1) is 0 Å². The predicted octanol–water partition coefficient (Wildman–Crippen LogP) is 7.47. The molecule has 4 aliphatic rings. The molecule has 3 aliphatic carbocycles. The Morgan fingerprint density at radius 1 is 1.02 bits per heavy atom. The van der Waals surface area contributed by atoms with Crippen molar-refractivity contribution in [3.8, 4) is 5.75 Å². The number of halogens is 2. The molecule has 256 valence electrons.